The molecule has 0 aromatic heterocycles. The van der Waals surface area contributed by atoms with E-state index in [1.165, 1.54) is 37.4 Å². The fourth-order valence-electron chi connectivity index (χ4n) is 1.71. The molecule has 2 aromatic rings. The Morgan fingerprint density at radius 1 is 1.05 bits per heavy atom. The molecule has 2 aromatic carbocycles. The number of Topliss-reactive ketones (excluding diaryl/α,β-unsaturated/α-hetero) is 1. The Morgan fingerprint density at radius 3 is 2.33 bits per heavy atom. The van der Waals surface area contributed by atoms with Crippen LogP contribution in [0.15, 0.2) is 48.5 Å². The van der Waals surface area contributed by atoms with Crippen molar-refractivity contribution in [3.05, 3.63) is 65.5 Å². The van der Waals surface area contributed by atoms with E-state index in [1.807, 2.05) is 0 Å². The van der Waals surface area contributed by atoms with E-state index >= 15 is 0 Å². The molecule has 0 heterocycles. The molecule has 0 spiro atoms. The molecule has 0 amide bonds. The molecule has 0 aliphatic carbocycles. The topological polar surface area (TPSA) is 52.6 Å². The summed E-state index contributed by atoms with van der Waals surface area (Å²) in [6, 6.07) is 11.8. The van der Waals surface area contributed by atoms with Gasteiger partial charge in [0.2, 0.25) is 5.78 Å². The van der Waals surface area contributed by atoms with Gasteiger partial charge in [0, 0.05) is 0 Å². The number of hydrogen-bond donors (Lipinski definition) is 0. The zero-order valence-corrected chi connectivity index (χ0v) is 11.3. The summed E-state index contributed by atoms with van der Waals surface area (Å²) in [4.78, 5) is 23.5. The van der Waals surface area contributed by atoms with E-state index in [1.54, 1.807) is 18.2 Å². The van der Waals surface area contributed by atoms with Crippen molar-refractivity contribution in [2.75, 3.05) is 13.7 Å². The number of ether oxygens (including phenoxy) is 2. The van der Waals surface area contributed by atoms with E-state index in [0.29, 0.717) is 5.75 Å². The van der Waals surface area contributed by atoms with Crippen LogP contribution >= 0.6 is 0 Å². The summed E-state index contributed by atoms with van der Waals surface area (Å²) in [5.41, 5.74) is 0.192. The third-order valence-corrected chi connectivity index (χ3v) is 2.83. The highest BCUT2D eigenvalue weighted by Crippen LogP contribution is 2.13. The summed E-state index contributed by atoms with van der Waals surface area (Å²) in [5.74, 6) is -1.27. The number of methoxy groups -OCH3 is 1. The minimum absolute atomic E-state index is 0.0972. The molecule has 0 unspecified atom stereocenters. The number of benzene rings is 2. The van der Waals surface area contributed by atoms with Gasteiger partial charge in [0.05, 0.1) is 18.2 Å². The molecular weight excluding hydrogens is 275 g/mol. The van der Waals surface area contributed by atoms with Crippen LogP contribution in [0.25, 0.3) is 0 Å². The van der Waals surface area contributed by atoms with Gasteiger partial charge in [-0.15, -0.1) is 0 Å². The summed E-state index contributed by atoms with van der Waals surface area (Å²) in [5, 5.41) is 0. The Hall–Kier alpha value is -2.69. The molecule has 2 rings (SSSR count). The second-order valence-electron chi connectivity index (χ2n) is 4.21. The van der Waals surface area contributed by atoms with Gasteiger partial charge in [-0.05, 0) is 36.4 Å². The number of carbonyl (C=O) groups is 2. The summed E-state index contributed by atoms with van der Waals surface area (Å²) in [7, 11) is 1.51. The van der Waals surface area contributed by atoms with Gasteiger partial charge >= 0.3 is 5.97 Å². The third kappa shape index (κ3) is 3.66. The standard InChI is InChI=1S/C16H13FO4/c1-20-12-8-6-11(7-9-12)16(19)21-10-15(18)13-4-2-3-5-14(13)17/h2-9H,10H2,1H3. The first-order valence-corrected chi connectivity index (χ1v) is 6.20. The maximum absolute atomic E-state index is 13.4. The van der Waals surface area contributed by atoms with Crippen LogP contribution in [-0.4, -0.2) is 25.5 Å². The maximum atomic E-state index is 13.4. The Morgan fingerprint density at radius 2 is 1.71 bits per heavy atom. The first kappa shape index (κ1) is 14.7. The highest BCUT2D eigenvalue weighted by molar-refractivity contribution is 5.99. The van der Waals surface area contributed by atoms with Crippen LogP contribution in [0.5, 0.6) is 5.75 Å². The smallest absolute Gasteiger partial charge is 0.338 e. The Kier molecular flexibility index (Phi) is 4.66. The fraction of sp³-hybridized carbons (Fsp3) is 0.125. The van der Waals surface area contributed by atoms with Gasteiger partial charge in [-0.25, -0.2) is 9.18 Å². The zero-order valence-electron chi connectivity index (χ0n) is 11.3. The van der Waals surface area contributed by atoms with E-state index in [4.69, 9.17) is 9.47 Å². The normalized spacial score (nSPS) is 10.0. The van der Waals surface area contributed by atoms with Crippen LogP contribution in [0, 0.1) is 5.82 Å². The molecule has 0 N–H and O–H groups in total. The first-order valence-electron chi connectivity index (χ1n) is 6.20. The summed E-state index contributed by atoms with van der Waals surface area (Å²) in [6.45, 7) is -0.508. The summed E-state index contributed by atoms with van der Waals surface area (Å²) in [6.07, 6.45) is 0. The summed E-state index contributed by atoms with van der Waals surface area (Å²) >= 11 is 0. The number of halogens is 1. The van der Waals surface area contributed by atoms with Gasteiger partial charge in [-0.1, -0.05) is 12.1 Å². The van der Waals surface area contributed by atoms with Crippen molar-refractivity contribution in [2.24, 2.45) is 0 Å². The molecule has 4 nitrogen and oxygen atoms in total. The minimum Gasteiger partial charge on any atom is -0.497 e. The first-order chi connectivity index (χ1) is 10.1. The van der Waals surface area contributed by atoms with Crippen LogP contribution in [0.3, 0.4) is 0 Å². The highest BCUT2D eigenvalue weighted by atomic mass is 19.1. The zero-order chi connectivity index (χ0) is 15.2. The number of carbonyl (C=O) groups excluding carboxylic acids is 2. The predicted molar refractivity (Wildman–Crippen MR) is 74.0 cm³/mol. The van der Waals surface area contributed by atoms with Gasteiger partial charge < -0.3 is 9.47 Å². The lowest BCUT2D eigenvalue weighted by Gasteiger charge is -2.06. The number of rotatable bonds is 5. The molecule has 0 saturated carbocycles. The van der Waals surface area contributed by atoms with E-state index in [2.05, 4.69) is 0 Å². The van der Waals surface area contributed by atoms with Crippen LogP contribution < -0.4 is 4.74 Å². The molecular formula is C16H13FO4. The largest absolute Gasteiger partial charge is 0.497 e. The van der Waals surface area contributed by atoms with Crippen LogP contribution in [0.1, 0.15) is 20.7 Å². The second kappa shape index (κ2) is 6.65. The van der Waals surface area contributed by atoms with Crippen molar-refractivity contribution >= 4 is 11.8 Å². The lowest BCUT2D eigenvalue weighted by Crippen LogP contribution is -2.15. The summed E-state index contributed by atoms with van der Waals surface area (Å²) < 4.78 is 23.2. The molecule has 0 bridgehead atoms. The van der Waals surface area contributed by atoms with Crippen molar-refractivity contribution in [3.63, 3.8) is 0 Å². The molecule has 0 aliphatic rings. The van der Waals surface area contributed by atoms with Crippen molar-refractivity contribution in [2.45, 2.75) is 0 Å². The average molecular weight is 288 g/mol. The van der Waals surface area contributed by atoms with Gasteiger partial charge in [-0.3, -0.25) is 4.79 Å². The fourth-order valence-corrected chi connectivity index (χ4v) is 1.71. The van der Waals surface area contributed by atoms with Gasteiger partial charge in [0.15, 0.2) is 6.61 Å². The Bertz CT molecular complexity index is 650. The lowest BCUT2D eigenvalue weighted by molar-refractivity contribution is 0.0473. The molecule has 0 saturated heterocycles. The SMILES string of the molecule is COc1ccc(C(=O)OCC(=O)c2ccccc2F)cc1. The Balaban J connectivity index is 1.97. The van der Waals surface area contributed by atoms with E-state index in [9.17, 15) is 14.0 Å². The average Bonchev–Trinajstić information content (AvgIpc) is 2.52. The number of esters is 1. The van der Waals surface area contributed by atoms with Gasteiger partial charge in [0.25, 0.3) is 0 Å². The molecule has 0 aliphatic heterocycles. The Labute approximate surface area is 121 Å². The van der Waals surface area contributed by atoms with Crippen molar-refractivity contribution in [3.8, 4) is 5.75 Å². The van der Waals surface area contributed by atoms with Crippen LogP contribution in [-0.2, 0) is 4.74 Å². The second-order valence-corrected chi connectivity index (χ2v) is 4.21. The van der Waals surface area contributed by atoms with Crippen LogP contribution in [0.2, 0.25) is 0 Å². The van der Waals surface area contributed by atoms with Gasteiger partial charge in [0.1, 0.15) is 11.6 Å². The number of hydrogen-bond acceptors (Lipinski definition) is 4. The van der Waals surface area contributed by atoms with Crippen molar-refractivity contribution in [1.82, 2.24) is 0 Å². The third-order valence-electron chi connectivity index (χ3n) is 2.83. The minimum atomic E-state index is -0.651. The van der Waals surface area contributed by atoms with Crippen molar-refractivity contribution in [1.29, 1.82) is 0 Å². The van der Waals surface area contributed by atoms with E-state index < -0.39 is 24.2 Å². The molecule has 0 atom stereocenters. The number of ketones is 1. The monoisotopic (exact) mass is 288 g/mol. The van der Waals surface area contributed by atoms with Crippen LogP contribution in [0.4, 0.5) is 4.39 Å². The quantitative estimate of drug-likeness (QED) is 0.627. The highest BCUT2D eigenvalue weighted by Gasteiger charge is 2.14. The molecule has 5 heteroatoms. The lowest BCUT2D eigenvalue weighted by atomic mass is 10.1. The van der Waals surface area contributed by atoms with E-state index in [0.717, 1.165) is 0 Å². The molecule has 0 fully saturated rings. The van der Waals surface area contributed by atoms with Gasteiger partial charge in [-0.2, -0.15) is 0 Å². The maximum Gasteiger partial charge on any atom is 0.338 e. The molecule has 108 valence electrons. The molecule has 0 radical (unpaired) electrons. The van der Waals surface area contributed by atoms with E-state index in [-0.39, 0.29) is 11.1 Å². The molecule has 21 heavy (non-hydrogen) atoms. The van der Waals surface area contributed by atoms with Crippen molar-refractivity contribution < 1.29 is 23.5 Å². The predicted octanol–water partition coefficient (Wildman–Crippen LogP) is 2.87.